The van der Waals surface area contributed by atoms with Gasteiger partial charge >= 0.3 is 5.97 Å². The maximum absolute atomic E-state index is 10.5. The summed E-state index contributed by atoms with van der Waals surface area (Å²) in [6.45, 7) is 0. The number of rotatable bonds is 1. The van der Waals surface area contributed by atoms with Gasteiger partial charge in [0.25, 0.3) is 0 Å². The Morgan fingerprint density at radius 3 is 2.50 bits per heavy atom. The largest absolute Gasteiger partial charge is 0.468 e. The SMILES string of the molecule is COC(=O)C1SCS1. The predicted molar refractivity (Wildman–Crippen MR) is 35.9 cm³/mol. The average molecular weight is 150 g/mol. The summed E-state index contributed by atoms with van der Waals surface area (Å²) in [5.41, 5.74) is 0. The smallest absolute Gasteiger partial charge is 0.329 e. The van der Waals surface area contributed by atoms with Gasteiger partial charge in [-0.15, -0.1) is 23.5 Å². The first-order valence-electron chi connectivity index (χ1n) is 2.15. The number of ether oxygens (including phenoxy) is 1. The summed E-state index contributed by atoms with van der Waals surface area (Å²) in [6, 6.07) is 0. The van der Waals surface area contributed by atoms with E-state index in [0.717, 1.165) is 5.08 Å². The third-order valence-electron chi connectivity index (χ3n) is 0.832. The van der Waals surface area contributed by atoms with Gasteiger partial charge in [0.2, 0.25) is 0 Å². The maximum atomic E-state index is 10.5. The molecule has 1 rings (SSSR count). The van der Waals surface area contributed by atoms with E-state index < -0.39 is 0 Å². The Labute approximate surface area is 56.3 Å². The summed E-state index contributed by atoms with van der Waals surface area (Å²) in [7, 11) is 1.42. The number of carbonyl (C=O) groups excluding carboxylic acids is 1. The fourth-order valence-corrected chi connectivity index (χ4v) is 1.92. The lowest BCUT2D eigenvalue weighted by Gasteiger charge is -2.20. The van der Waals surface area contributed by atoms with E-state index in [1.165, 1.54) is 7.11 Å². The van der Waals surface area contributed by atoms with E-state index in [1.54, 1.807) is 23.5 Å². The summed E-state index contributed by atoms with van der Waals surface area (Å²) in [5.74, 6) is -0.105. The van der Waals surface area contributed by atoms with E-state index >= 15 is 0 Å². The van der Waals surface area contributed by atoms with Crippen molar-refractivity contribution >= 4 is 29.5 Å². The molecule has 0 bridgehead atoms. The minimum Gasteiger partial charge on any atom is -0.468 e. The van der Waals surface area contributed by atoms with Gasteiger partial charge < -0.3 is 4.74 Å². The molecule has 1 fully saturated rings. The van der Waals surface area contributed by atoms with Gasteiger partial charge in [-0.25, -0.2) is 4.79 Å². The molecule has 0 saturated carbocycles. The minimum atomic E-state index is -0.105. The van der Waals surface area contributed by atoms with Crippen LogP contribution in [0, 0.1) is 0 Å². The van der Waals surface area contributed by atoms with Crippen LogP contribution in [0.25, 0.3) is 0 Å². The summed E-state index contributed by atoms with van der Waals surface area (Å²) < 4.78 is 4.54. The molecule has 0 N–H and O–H groups in total. The number of thioether (sulfide) groups is 2. The van der Waals surface area contributed by atoms with Crippen LogP contribution in [0.4, 0.5) is 0 Å². The molecule has 1 heterocycles. The molecular weight excluding hydrogens is 144 g/mol. The van der Waals surface area contributed by atoms with Gasteiger partial charge in [-0.05, 0) is 0 Å². The van der Waals surface area contributed by atoms with Gasteiger partial charge in [0, 0.05) is 5.08 Å². The van der Waals surface area contributed by atoms with Crippen molar-refractivity contribution in [2.24, 2.45) is 0 Å². The van der Waals surface area contributed by atoms with E-state index in [-0.39, 0.29) is 10.6 Å². The van der Waals surface area contributed by atoms with E-state index in [4.69, 9.17) is 0 Å². The van der Waals surface area contributed by atoms with Crippen LogP contribution >= 0.6 is 23.5 Å². The molecule has 0 atom stereocenters. The monoisotopic (exact) mass is 150 g/mol. The van der Waals surface area contributed by atoms with E-state index in [9.17, 15) is 4.79 Å². The number of methoxy groups -OCH3 is 1. The van der Waals surface area contributed by atoms with Gasteiger partial charge in [0.15, 0.2) is 0 Å². The van der Waals surface area contributed by atoms with Crippen LogP contribution in [0.5, 0.6) is 0 Å². The average Bonchev–Trinajstić information content (AvgIpc) is 1.62. The molecule has 2 nitrogen and oxygen atoms in total. The molecule has 0 aliphatic carbocycles. The lowest BCUT2D eigenvalue weighted by atomic mass is 10.8. The zero-order chi connectivity index (χ0) is 5.98. The molecule has 0 amide bonds. The second-order valence-electron chi connectivity index (χ2n) is 1.31. The standard InChI is InChI=1S/C4H6O2S2/c1-6-3(5)4-7-2-8-4/h4H,2H2,1H3. The Kier molecular flexibility index (Phi) is 2.08. The fraction of sp³-hybridized carbons (Fsp3) is 0.750. The first kappa shape index (κ1) is 6.29. The van der Waals surface area contributed by atoms with Crippen LogP contribution in [0.1, 0.15) is 0 Å². The molecule has 1 saturated heterocycles. The first-order valence-corrected chi connectivity index (χ1v) is 4.25. The Bertz CT molecular complexity index is 100. The fourth-order valence-electron chi connectivity index (χ4n) is 0.368. The van der Waals surface area contributed by atoms with Crippen molar-refractivity contribution in [2.45, 2.75) is 4.58 Å². The molecule has 1 aliphatic rings. The third kappa shape index (κ3) is 1.11. The van der Waals surface area contributed by atoms with Crippen molar-refractivity contribution in [2.75, 3.05) is 12.2 Å². The van der Waals surface area contributed by atoms with Crippen molar-refractivity contribution in [3.05, 3.63) is 0 Å². The number of esters is 1. The van der Waals surface area contributed by atoms with Crippen molar-refractivity contribution in [3.63, 3.8) is 0 Å². The van der Waals surface area contributed by atoms with Crippen molar-refractivity contribution in [1.29, 1.82) is 0 Å². The van der Waals surface area contributed by atoms with Gasteiger partial charge in [-0.1, -0.05) is 0 Å². The predicted octanol–water partition coefficient (Wildman–Crippen LogP) is 0.923. The molecule has 46 valence electrons. The van der Waals surface area contributed by atoms with Crippen LogP contribution in [0.15, 0.2) is 0 Å². The third-order valence-corrected chi connectivity index (χ3v) is 3.73. The normalized spacial score (nSPS) is 19.6. The van der Waals surface area contributed by atoms with Gasteiger partial charge in [-0.2, -0.15) is 0 Å². The Morgan fingerprint density at radius 2 is 2.38 bits per heavy atom. The summed E-state index contributed by atoms with van der Waals surface area (Å²) in [4.78, 5) is 10.5. The number of hydrogen-bond acceptors (Lipinski definition) is 4. The van der Waals surface area contributed by atoms with Crippen LogP contribution in [-0.4, -0.2) is 22.7 Å². The molecule has 8 heavy (non-hydrogen) atoms. The highest BCUT2D eigenvalue weighted by atomic mass is 32.3. The summed E-state index contributed by atoms with van der Waals surface area (Å²) in [5, 5.41) is 1.03. The molecule has 0 aromatic rings. The summed E-state index contributed by atoms with van der Waals surface area (Å²) in [6.07, 6.45) is 0. The van der Waals surface area contributed by atoms with Gasteiger partial charge in [-0.3, -0.25) is 0 Å². The first-order chi connectivity index (χ1) is 3.84. The molecule has 4 heteroatoms. The topological polar surface area (TPSA) is 26.3 Å². The zero-order valence-electron chi connectivity index (χ0n) is 4.42. The number of carbonyl (C=O) groups is 1. The molecule has 0 unspecified atom stereocenters. The maximum Gasteiger partial charge on any atom is 0.329 e. The van der Waals surface area contributed by atoms with Crippen LogP contribution < -0.4 is 0 Å². The van der Waals surface area contributed by atoms with Crippen molar-refractivity contribution in [3.8, 4) is 0 Å². The molecule has 0 spiro atoms. The highest BCUT2D eigenvalue weighted by Crippen LogP contribution is 2.38. The van der Waals surface area contributed by atoms with Gasteiger partial charge in [0.1, 0.15) is 4.58 Å². The molecule has 0 aromatic carbocycles. The number of hydrogen-bond donors (Lipinski definition) is 0. The van der Waals surface area contributed by atoms with Crippen molar-refractivity contribution in [1.82, 2.24) is 0 Å². The highest BCUT2D eigenvalue weighted by molar-refractivity contribution is 8.33. The second-order valence-corrected chi connectivity index (χ2v) is 4.16. The molecule has 0 aromatic heterocycles. The van der Waals surface area contributed by atoms with E-state index in [0.29, 0.717) is 0 Å². The lowest BCUT2D eigenvalue weighted by molar-refractivity contribution is -0.138. The van der Waals surface area contributed by atoms with Gasteiger partial charge in [0.05, 0.1) is 7.11 Å². The Balaban J connectivity index is 2.24. The van der Waals surface area contributed by atoms with Crippen LogP contribution in [0.3, 0.4) is 0 Å². The quantitative estimate of drug-likeness (QED) is 0.519. The van der Waals surface area contributed by atoms with Crippen molar-refractivity contribution < 1.29 is 9.53 Å². The van der Waals surface area contributed by atoms with E-state index in [2.05, 4.69) is 4.74 Å². The summed E-state index contributed by atoms with van der Waals surface area (Å²) >= 11 is 3.25. The molecular formula is C4H6O2S2. The highest BCUT2D eigenvalue weighted by Gasteiger charge is 2.27. The van der Waals surface area contributed by atoms with Crippen LogP contribution in [0.2, 0.25) is 0 Å². The second kappa shape index (κ2) is 2.64. The lowest BCUT2D eigenvalue weighted by Crippen LogP contribution is -2.21. The van der Waals surface area contributed by atoms with Crippen LogP contribution in [-0.2, 0) is 9.53 Å². The minimum absolute atomic E-state index is 0.0694. The molecule has 0 radical (unpaired) electrons. The van der Waals surface area contributed by atoms with E-state index in [1.807, 2.05) is 0 Å². The molecule has 1 aliphatic heterocycles. The Hall–Kier alpha value is 0.170. The Morgan fingerprint density at radius 1 is 1.75 bits per heavy atom. The zero-order valence-corrected chi connectivity index (χ0v) is 6.05.